The Bertz CT molecular complexity index is 625. The molecule has 0 bridgehead atoms. The molecule has 112 valence electrons. The summed E-state index contributed by atoms with van der Waals surface area (Å²) in [7, 11) is 1.94. The molecule has 0 amide bonds. The van der Waals surface area contributed by atoms with Crippen LogP contribution < -0.4 is 5.32 Å². The average Bonchev–Trinajstić information content (AvgIpc) is 2.44. The number of benzene rings is 2. The van der Waals surface area contributed by atoms with E-state index < -0.39 is 0 Å². The third-order valence-corrected chi connectivity index (χ3v) is 4.35. The Labute approximate surface area is 134 Å². The molecule has 1 N–H and O–H groups in total. The zero-order valence-corrected chi connectivity index (χ0v) is 14.3. The van der Waals surface area contributed by atoms with Crippen molar-refractivity contribution in [1.82, 2.24) is 5.32 Å². The second kappa shape index (κ2) is 7.19. The molecule has 21 heavy (non-hydrogen) atoms. The number of aryl methyl sites for hydroxylation is 2. The Morgan fingerprint density at radius 1 is 1.05 bits per heavy atom. The average molecular weight is 350 g/mol. The van der Waals surface area contributed by atoms with Crippen molar-refractivity contribution in [1.29, 1.82) is 0 Å². The molecule has 0 fully saturated rings. The van der Waals surface area contributed by atoms with Crippen LogP contribution in [0.15, 0.2) is 40.9 Å². The predicted octanol–water partition coefficient (Wildman–Crippen LogP) is 4.58. The molecule has 0 aromatic heterocycles. The van der Waals surface area contributed by atoms with Gasteiger partial charge in [0.1, 0.15) is 5.82 Å². The number of halogens is 2. The molecule has 0 aliphatic rings. The van der Waals surface area contributed by atoms with Gasteiger partial charge in [0.05, 0.1) is 0 Å². The van der Waals surface area contributed by atoms with Crippen molar-refractivity contribution in [3.63, 3.8) is 0 Å². The first-order valence-corrected chi connectivity index (χ1v) is 7.96. The molecule has 0 aliphatic carbocycles. The lowest BCUT2D eigenvalue weighted by Crippen LogP contribution is -2.30. The highest BCUT2D eigenvalue weighted by Crippen LogP contribution is 2.19. The highest BCUT2D eigenvalue weighted by Gasteiger charge is 2.13. The van der Waals surface area contributed by atoms with Crippen molar-refractivity contribution >= 4 is 15.9 Å². The molecule has 2 aromatic carbocycles. The van der Waals surface area contributed by atoms with Gasteiger partial charge in [-0.15, -0.1) is 0 Å². The molecular weight excluding hydrogens is 329 g/mol. The smallest absolute Gasteiger partial charge is 0.127 e. The van der Waals surface area contributed by atoms with Crippen LogP contribution in [0, 0.1) is 19.7 Å². The number of likely N-dealkylation sites (N-methyl/N-ethyl adjacent to an activating group) is 1. The number of hydrogen-bond donors (Lipinski definition) is 1. The van der Waals surface area contributed by atoms with Crippen LogP contribution in [-0.4, -0.2) is 13.1 Å². The van der Waals surface area contributed by atoms with Gasteiger partial charge in [0, 0.05) is 10.5 Å². The van der Waals surface area contributed by atoms with Gasteiger partial charge in [-0.3, -0.25) is 0 Å². The Balaban J connectivity index is 2.14. The van der Waals surface area contributed by atoms with Gasteiger partial charge in [0.15, 0.2) is 0 Å². The van der Waals surface area contributed by atoms with Gasteiger partial charge in [-0.1, -0.05) is 45.8 Å². The maximum Gasteiger partial charge on any atom is 0.127 e. The first-order valence-electron chi connectivity index (χ1n) is 7.17. The minimum atomic E-state index is -0.148. The van der Waals surface area contributed by atoms with Gasteiger partial charge < -0.3 is 5.32 Å². The molecular formula is C18H21BrFN. The summed E-state index contributed by atoms with van der Waals surface area (Å²) < 4.78 is 14.7. The Hall–Kier alpha value is -1.19. The fraction of sp³-hybridized carbons (Fsp3) is 0.333. The summed E-state index contributed by atoms with van der Waals surface area (Å²) in [4.78, 5) is 0. The van der Waals surface area contributed by atoms with Crippen LogP contribution in [0.2, 0.25) is 0 Å². The van der Waals surface area contributed by atoms with E-state index in [4.69, 9.17) is 0 Å². The minimum absolute atomic E-state index is 0.148. The van der Waals surface area contributed by atoms with Crippen molar-refractivity contribution in [2.75, 3.05) is 7.05 Å². The quantitative estimate of drug-likeness (QED) is 0.832. The lowest BCUT2D eigenvalue weighted by atomic mass is 9.95. The Morgan fingerprint density at radius 2 is 1.76 bits per heavy atom. The van der Waals surface area contributed by atoms with Crippen LogP contribution in [0.25, 0.3) is 0 Å². The first kappa shape index (κ1) is 16.2. The molecule has 0 radical (unpaired) electrons. The van der Waals surface area contributed by atoms with Gasteiger partial charge in [0.2, 0.25) is 0 Å². The zero-order chi connectivity index (χ0) is 15.4. The van der Waals surface area contributed by atoms with E-state index in [0.717, 1.165) is 16.5 Å². The monoisotopic (exact) mass is 349 g/mol. The molecule has 0 spiro atoms. The maximum atomic E-state index is 14.0. The second-order valence-electron chi connectivity index (χ2n) is 5.56. The lowest BCUT2D eigenvalue weighted by molar-refractivity contribution is 0.531. The summed E-state index contributed by atoms with van der Waals surface area (Å²) in [6, 6.07) is 12.0. The third-order valence-electron chi connectivity index (χ3n) is 3.86. The van der Waals surface area contributed by atoms with E-state index in [0.29, 0.717) is 6.42 Å². The van der Waals surface area contributed by atoms with E-state index in [1.165, 1.54) is 22.8 Å². The van der Waals surface area contributed by atoms with Crippen LogP contribution in [0.5, 0.6) is 0 Å². The summed E-state index contributed by atoms with van der Waals surface area (Å²) in [5, 5.41) is 3.31. The van der Waals surface area contributed by atoms with Crippen LogP contribution in [0.4, 0.5) is 4.39 Å². The van der Waals surface area contributed by atoms with Gasteiger partial charge >= 0.3 is 0 Å². The highest BCUT2D eigenvalue weighted by atomic mass is 79.9. The SMILES string of the molecule is CNC(Cc1cc(C)ccc1C)Cc1ccc(Br)cc1F. The van der Waals surface area contributed by atoms with Crippen molar-refractivity contribution in [3.05, 3.63) is 68.9 Å². The van der Waals surface area contributed by atoms with Gasteiger partial charge in [-0.25, -0.2) is 4.39 Å². The van der Waals surface area contributed by atoms with Crippen LogP contribution in [-0.2, 0) is 12.8 Å². The third kappa shape index (κ3) is 4.39. The zero-order valence-electron chi connectivity index (χ0n) is 12.7. The predicted molar refractivity (Wildman–Crippen MR) is 90.3 cm³/mol. The Kier molecular flexibility index (Phi) is 5.54. The van der Waals surface area contributed by atoms with Crippen molar-refractivity contribution in [2.45, 2.75) is 32.7 Å². The van der Waals surface area contributed by atoms with E-state index in [-0.39, 0.29) is 11.9 Å². The van der Waals surface area contributed by atoms with E-state index in [2.05, 4.69) is 53.3 Å². The molecule has 0 aliphatic heterocycles. The van der Waals surface area contributed by atoms with E-state index >= 15 is 0 Å². The van der Waals surface area contributed by atoms with Crippen molar-refractivity contribution in [2.24, 2.45) is 0 Å². The fourth-order valence-corrected chi connectivity index (χ4v) is 2.85. The molecule has 2 aromatic rings. The lowest BCUT2D eigenvalue weighted by Gasteiger charge is -2.18. The van der Waals surface area contributed by atoms with Crippen LogP contribution in [0.3, 0.4) is 0 Å². The van der Waals surface area contributed by atoms with Gasteiger partial charge in [-0.2, -0.15) is 0 Å². The molecule has 3 heteroatoms. The molecule has 1 unspecified atom stereocenters. The summed E-state index contributed by atoms with van der Waals surface area (Å²) >= 11 is 3.30. The molecule has 0 saturated heterocycles. The van der Waals surface area contributed by atoms with Crippen molar-refractivity contribution in [3.8, 4) is 0 Å². The maximum absolute atomic E-state index is 14.0. The minimum Gasteiger partial charge on any atom is -0.316 e. The largest absolute Gasteiger partial charge is 0.316 e. The molecule has 2 rings (SSSR count). The molecule has 0 saturated carbocycles. The van der Waals surface area contributed by atoms with Gasteiger partial charge in [0.25, 0.3) is 0 Å². The summed E-state index contributed by atoms with van der Waals surface area (Å²) in [6.07, 6.45) is 1.59. The molecule has 1 nitrogen and oxygen atoms in total. The summed E-state index contributed by atoms with van der Waals surface area (Å²) in [5.74, 6) is -0.148. The van der Waals surface area contributed by atoms with E-state index in [9.17, 15) is 4.39 Å². The van der Waals surface area contributed by atoms with E-state index in [1.807, 2.05) is 19.2 Å². The molecule has 1 atom stereocenters. The highest BCUT2D eigenvalue weighted by molar-refractivity contribution is 9.10. The summed E-state index contributed by atoms with van der Waals surface area (Å²) in [6.45, 7) is 4.23. The fourth-order valence-electron chi connectivity index (χ4n) is 2.51. The van der Waals surface area contributed by atoms with Crippen LogP contribution in [0.1, 0.15) is 22.3 Å². The van der Waals surface area contributed by atoms with E-state index in [1.54, 1.807) is 0 Å². The standard InChI is InChI=1S/C18H21BrFN/c1-12-4-5-13(2)15(8-12)10-17(21-3)9-14-6-7-16(19)11-18(14)20/h4-8,11,17,21H,9-10H2,1-3H3. The summed E-state index contributed by atoms with van der Waals surface area (Å²) in [5.41, 5.74) is 4.63. The topological polar surface area (TPSA) is 12.0 Å². The first-order chi connectivity index (χ1) is 9.99. The molecule has 0 heterocycles. The number of nitrogens with one attached hydrogen (secondary N) is 1. The normalized spacial score (nSPS) is 12.4. The Morgan fingerprint density at radius 3 is 2.43 bits per heavy atom. The number of hydrogen-bond acceptors (Lipinski definition) is 1. The second-order valence-corrected chi connectivity index (χ2v) is 6.48. The van der Waals surface area contributed by atoms with Crippen molar-refractivity contribution < 1.29 is 4.39 Å². The number of rotatable bonds is 5. The van der Waals surface area contributed by atoms with Crippen LogP contribution >= 0.6 is 15.9 Å². The van der Waals surface area contributed by atoms with Gasteiger partial charge in [-0.05, 0) is 62.6 Å².